The van der Waals surface area contributed by atoms with Crippen molar-refractivity contribution in [1.29, 1.82) is 0 Å². The maximum absolute atomic E-state index is 13.0. The highest BCUT2D eigenvalue weighted by Gasteiger charge is 2.16. The molecule has 2 amide bonds. The summed E-state index contributed by atoms with van der Waals surface area (Å²) in [7, 11) is 0. The van der Waals surface area contributed by atoms with Gasteiger partial charge >= 0.3 is 0 Å². The van der Waals surface area contributed by atoms with Crippen LogP contribution >= 0.6 is 22.9 Å². The summed E-state index contributed by atoms with van der Waals surface area (Å²) in [4.78, 5) is 25.9. The number of fused-ring (bicyclic) bond motifs is 1. The fraction of sp³-hybridized carbons (Fsp3) is 0.0952. The van der Waals surface area contributed by atoms with E-state index in [1.807, 2.05) is 6.07 Å². The van der Waals surface area contributed by atoms with Gasteiger partial charge in [-0.1, -0.05) is 35.9 Å². The van der Waals surface area contributed by atoms with Crippen molar-refractivity contribution in [2.24, 2.45) is 0 Å². The third-order valence-corrected chi connectivity index (χ3v) is 5.62. The van der Waals surface area contributed by atoms with Crippen molar-refractivity contribution in [2.45, 2.75) is 13.0 Å². The van der Waals surface area contributed by atoms with Crippen LogP contribution in [0.1, 0.15) is 20.8 Å². The van der Waals surface area contributed by atoms with Gasteiger partial charge in [-0.3, -0.25) is 14.7 Å². The van der Waals surface area contributed by atoms with Gasteiger partial charge in [0, 0.05) is 11.6 Å². The lowest BCUT2D eigenvalue weighted by atomic mass is 10.1. The quantitative estimate of drug-likeness (QED) is 0.410. The van der Waals surface area contributed by atoms with Gasteiger partial charge in [0.05, 0.1) is 16.7 Å². The molecule has 0 spiro atoms. The number of H-pyrrole nitrogens is 1. The number of thiophene rings is 1. The van der Waals surface area contributed by atoms with Crippen molar-refractivity contribution < 1.29 is 14.0 Å². The molecule has 3 N–H and O–H groups in total. The average molecular weight is 443 g/mol. The molecule has 2 aromatic heterocycles. The van der Waals surface area contributed by atoms with E-state index in [1.54, 1.807) is 36.4 Å². The molecular formula is C21H16ClFN4O2S. The highest BCUT2D eigenvalue weighted by Crippen LogP contribution is 2.29. The Morgan fingerprint density at radius 2 is 1.90 bits per heavy atom. The molecule has 0 aliphatic rings. The summed E-state index contributed by atoms with van der Waals surface area (Å²) >= 11 is 7.17. The van der Waals surface area contributed by atoms with E-state index in [-0.39, 0.29) is 30.6 Å². The third-order valence-electron chi connectivity index (χ3n) is 4.36. The Balaban J connectivity index is 1.42. The molecule has 0 fully saturated rings. The summed E-state index contributed by atoms with van der Waals surface area (Å²) < 4.78 is 13.0. The first-order chi connectivity index (χ1) is 14.5. The SMILES string of the molecule is O=C(Cc1cccc(Cl)c1)Nc1[nH]nc2sc(C(=O)NCc3ccc(F)cc3)cc12. The zero-order valence-corrected chi connectivity index (χ0v) is 17.1. The van der Waals surface area contributed by atoms with Gasteiger partial charge < -0.3 is 10.6 Å². The summed E-state index contributed by atoms with van der Waals surface area (Å²) in [6, 6.07) is 14.7. The highest BCUT2D eigenvalue weighted by atomic mass is 35.5. The minimum absolute atomic E-state index is 0.163. The Labute approximate surface area is 180 Å². The van der Waals surface area contributed by atoms with Crippen LogP contribution in [0.4, 0.5) is 10.2 Å². The van der Waals surface area contributed by atoms with Gasteiger partial charge in [-0.2, -0.15) is 5.10 Å². The molecular weight excluding hydrogens is 427 g/mol. The van der Waals surface area contributed by atoms with Gasteiger partial charge in [0.15, 0.2) is 0 Å². The van der Waals surface area contributed by atoms with Crippen molar-refractivity contribution in [3.63, 3.8) is 0 Å². The number of hydrogen-bond donors (Lipinski definition) is 3. The number of hydrogen-bond acceptors (Lipinski definition) is 4. The number of benzene rings is 2. The van der Waals surface area contributed by atoms with Crippen molar-refractivity contribution in [3.05, 3.63) is 81.4 Å². The molecule has 2 heterocycles. The summed E-state index contributed by atoms with van der Waals surface area (Å²) in [5, 5.41) is 13.8. The van der Waals surface area contributed by atoms with Crippen molar-refractivity contribution in [3.8, 4) is 0 Å². The lowest BCUT2D eigenvalue weighted by Gasteiger charge is -2.04. The number of nitrogens with one attached hydrogen (secondary N) is 3. The van der Waals surface area contributed by atoms with Crippen LogP contribution in [0, 0.1) is 5.82 Å². The summed E-state index contributed by atoms with van der Waals surface area (Å²) in [5.74, 6) is -0.380. The van der Waals surface area contributed by atoms with Crippen LogP contribution < -0.4 is 10.6 Å². The number of nitrogens with zero attached hydrogens (tertiary/aromatic N) is 1. The Hall–Kier alpha value is -3.23. The van der Waals surface area contributed by atoms with Gasteiger partial charge in [0.1, 0.15) is 16.5 Å². The molecule has 30 heavy (non-hydrogen) atoms. The molecule has 4 aromatic rings. The lowest BCUT2D eigenvalue weighted by Crippen LogP contribution is -2.21. The number of rotatable bonds is 6. The van der Waals surface area contributed by atoms with Gasteiger partial charge in [-0.15, -0.1) is 11.3 Å². The van der Waals surface area contributed by atoms with Crippen LogP contribution in [-0.2, 0) is 17.8 Å². The second-order valence-corrected chi connectivity index (χ2v) is 8.06. The largest absolute Gasteiger partial charge is 0.347 e. The number of carbonyl (C=O) groups excluding carboxylic acids is 2. The second-order valence-electron chi connectivity index (χ2n) is 6.59. The molecule has 2 aromatic carbocycles. The topological polar surface area (TPSA) is 86.9 Å². The van der Waals surface area contributed by atoms with Crippen LogP contribution in [0.15, 0.2) is 54.6 Å². The number of carbonyl (C=O) groups is 2. The van der Waals surface area contributed by atoms with E-state index in [2.05, 4.69) is 20.8 Å². The lowest BCUT2D eigenvalue weighted by molar-refractivity contribution is -0.115. The molecule has 9 heteroatoms. The molecule has 6 nitrogen and oxygen atoms in total. The number of anilines is 1. The van der Waals surface area contributed by atoms with Crippen molar-refractivity contribution in [1.82, 2.24) is 15.5 Å². The minimum Gasteiger partial charge on any atom is -0.347 e. The van der Waals surface area contributed by atoms with Gasteiger partial charge in [-0.25, -0.2) is 4.39 Å². The molecule has 0 unspecified atom stereocenters. The molecule has 0 saturated carbocycles. The first-order valence-corrected chi connectivity index (χ1v) is 10.2. The first kappa shape index (κ1) is 20.1. The molecule has 4 rings (SSSR count). The van der Waals surface area contributed by atoms with E-state index in [1.165, 1.54) is 23.5 Å². The molecule has 0 bridgehead atoms. The monoisotopic (exact) mass is 442 g/mol. The minimum atomic E-state index is -0.325. The summed E-state index contributed by atoms with van der Waals surface area (Å²) in [6.07, 6.45) is 0.163. The van der Waals surface area contributed by atoms with Crippen LogP contribution in [0.25, 0.3) is 10.2 Å². The second kappa shape index (κ2) is 8.64. The fourth-order valence-electron chi connectivity index (χ4n) is 2.91. The first-order valence-electron chi connectivity index (χ1n) is 9.03. The summed E-state index contributed by atoms with van der Waals surface area (Å²) in [6.45, 7) is 0.282. The predicted molar refractivity (Wildman–Crippen MR) is 115 cm³/mol. The maximum Gasteiger partial charge on any atom is 0.261 e. The Kier molecular flexibility index (Phi) is 5.78. The number of halogens is 2. The third kappa shape index (κ3) is 4.67. The van der Waals surface area contributed by atoms with E-state index in [4.69, 9.17) is 11.6 Å². The van der Waals surface area contributed by atoms with Crippen LogP contribution in [0.3, 0.4) is 0 Å². The van der Waals surface area contributed by atoms with Gasteiger partial charge in [0.25, 0.3) is 5.91 Å². The Morgan fingerprint density at radius 1 is 1.10 bits per heavy atom. The fourth-order valence-corrected chi connectivity index (χ4v) is 4.03. The Bertz CT molecular complexity index is 1220. The number of aromatic amines is 1. The highest BCUT2D eigenvalue weighted by molar-refractivity contribution is 7.20. The maximum atomic E-state index is 13.0. The van der Waals surface area contributed by atoms with E-state index in [9.17, 15) is 14.0 Å². The van der Waals surface area contributed by atoms with E-state index < -0.39 is 0 Å². The van der Waals surface area contributed by atoms with E-state index >= 15 is 0 Å². The molecule has 152 valence electrons. The summed E-state index contributed by atoms with van der Waals surface area (Å²) in [5.41, 5.74) is 1.59. The zero-order chi connectivity index (χ0) is 21.1. The number of aromatic nitrogens is 2. The molecule has 0 saturated heterocycles. The molecule has 0 radical (unpaired) electrons. The van der Waals surface area contributed by atoms with Crippen molar-refractivity contribution >= 4 is 50.8 Å². The van der Waals surface area contributed by atoms with E-state index in [0.717, 1.165) is 11.1 Å². The molecule has 0 aliphatic heterocycles. The molecule has 0 aliphatic carbocycles. The molecule has 0 atom stereocenters. The van der Waals surface area contributed by atoms with Crippen LogP contribution in [0.5, 0.6) is 0 Å². The predicted octanol–water partition coefficient (Wildman–Crippen LogP) is 4.53. The van der Waals surface area contributed by atoms with Crippen LogP contribution in [0.2, 0.25) is 5.02 Å². The van der Waals surface area contributed by atoms with Gasteiger partial charge in [0.2, 0.25) is 5.91 Å². The number of amides is 2. The normalized spacial score (nSPS) is 10.9. The standard InChI is InChI=1S/C21H16ClFN4O2S/c22-14-3-1-2-13(8-14)9-18(28)25-19-16-10-17(30-21(16)27-26-19)20(29)24-11-12-4-6-15(23)7-5-12/h1-8,10H,9,11H2,(H,24,29)(H2,25,26,27,28). The average Bonchev–Trinajstić information content (AvgIpc) is 3.29. The smallest absolute Gasteiger partial charge is 0.261 e. The van der Waals surface area contributed by atoms with Gasteiger partial charge in [-0.05, 0) is 41.5 Å². The van der Waals surface area contributed by atoms with Crippen molar-refractivity contribution in [2.75, 3.05) is 5.32 Å². The zero-order valence-electron chi connectivity index (χ0n) is 15.5. The van der Waals surface area contributed by atoms with Crippen LogP contribution in [-0.4, -0.2) is 22.0 Å². The van der Waals surface area contributed by atoms with E-state index in [0.29, 0.717) is 25.9 Å². The Morgan fingerprint density at radius 3 is 2.67 bits per heavy atom.